The average Bonchev–Trinajstić information content (AvgIpc) is 2.92. The Kier molecular flexibility index (Phi) is 4.97. The minimum Gasteiger partial charge on any atom is -0.469 e. The van der Waals surface area contributed by atoms with Crippen LogP contribution in [-0.4, -0.2) is 42.8 Å². The highest BCUT2D eigenvalue weighted by Crippen LogP contribution is 2.38. The molecule has 1 aliphatic heterocycles. The summed E-state index contributed by atoms with van der Waals surface area (Å²) in [5.74, 6) is -0.264. The van der Waals surface area contributed by atoms with Crippen LogP contribution in [0.2, 0.25) is 0 Å². The molecule has 0 spiro atoms. The maximum atomic E-state index is 12.3. The van der Waals surface area contributed by atoms with Crippen LogP contribution in [-0.2, 0) is 19.7 Å². The fourth-order valence-electron chi connectivity index (χ4n) is 2.98. The monoisotopic (exact) mass is 319 g/mol. The zero-order valence-electron chi connectivity index (χ0n) is 14.3. The van der Waals surface area contributed by atoms with Gasteiger partial charge in [0.15, 0.2) is 0 Å². The summed E-state index contributed by atoms with van der Waals surface area (Å²) in [7, 11) is 1.39. The predicted octanol–water partition coefficient (Wildman–Crippen LogP) is 3.13. The largest absolute Gasteiger partial charge is 0.469 e. The van der Waals surface area contributed by atoms with E-state index in [1.807, 2.05) is 51.1 Å². The molecule has 1 aliphatic rings. The summed E-state index contributed by atoms with van der Waals surface area (Å²) in [6, 6.07) is 9.84. The van der Waals surface area contributed by atoms with Crippen LogP contribution in [0.25, 0.3) is 0 Å². The van der Waals surface area contributed by atoms with E-state index < -0.39 is 11.0 Å². The molecule has 0 bridgehead atoms. The molecule has 0 aromatic heterocycles. The van der Waals surface area contributed by atoms with E-state index in [1.54, 1.807) is 4.90 Å². The van der Waals surface area contributed by atoms with E-state index in [-0.39, 0.29) is 18.5 Å². The molecule has 5 nitrogen and oxygen atoms in total. The Bertz CT molecular complexity index is 564. The van der Waals surface area contributed by atoms with E-state index in [4.69, 9.17) is 9.47 Å². The Balaban J connectivity index is 2.21. The first-order valence-electron chi connectivity index (χ1n) is 7.86. The second-order valence-electron chi connectivity index (χ2n) is 7.05. The van der Waals surface area contributed by atoms with Crippen molar-refractivity contribution in [3.8, 4) is 0 Å². The molecule has 1 atom stereocenters. The third kappa shape index (κ3) is 4.24. The highest BCUT2D eigenvalue weighted by Gasteiger charge is 2.44. The van der Waals surface area contributed by atoms with Crippen molar-refractivity contribution in [3.63, 3.8) is 0 Å². The molecule has 1 fully saturated rings. The number of esters is 1. The second kappa shape index (κ2) is 6.60. The average molecular weight is 319 g/mol. The quantitative estimate of drug-likeness (QED) is 0.803. The van der Waals surface area contributed by atoms with Crippen molar-refractivity contribution in [2.45, 2.75) is 44.6 Å². The molecule has 0 radical (unpaired) electrons. The van der Waals surface area contributed by atoms with E-state index in [0.717, 1.165) is 5.56 Å². The van der Waals surface area contributed by atoms with E-state index in [1.165, 1.54) is 7.11 Å². The van der Waals surface area contributed by atoms with Gasteiger partial charge in [-0.05, 0) is 32.8 Å². The van der Waals surface area contributed by atoms with E-state index in [9.17, 15) is 9.59 Å². The molecule has 5 heteroatoms. The predicted molar refractivity (Wildman–Crippen MR) is 87.2 cm³/mol. The number of carbonyl (C=O) groups is 2. The van der Waals surface area contributed by atoms with Gasteiger partial charge in [0.05, 0.1) is 13.5 Å². The van der Waals surface area contributed by atoms with Gasteiger partial charge >= 0.3 is 12.1 Å². The number of benzene rings is 1. The van der Waals surface area contributed by atoms with Gasteiger partial charge in [0.2, 0.25) is 0 Å². The second-order valence-corrected chi connectivity index (χ2v) is 7.05. The molecule has 1 heterocycles. The number of nitrogens with zero attached hydrogens (tertiary/aromatic N) is 1. The number of carbonyl (C=O) groups excluding carboxylic acids is 2. The smallest absolute Gasteiger partial charge is 0.410 e. The first-order valence-corrected chi connectivity index (χ1v) is 7.86. The highest BCUT2D eigenvalue weighted by molar-refractivity contribution is 5.73. The van der Waals surface area contributed by atoms with Gasteiger partial charge in [-0.25, -0.2) is 4.79 Å². The van der Waals surface area contributed by atoms with Crippen LogP contribution in [0.5, 0.6) is 0 Å². The van der Waals surface area contributed by atoms with Crippen LogP contribution in [0.1, 0.15) is 39.2 Å². The van der Waals surface area contributed by atoms with Crippen molar-refractivity contribution in [1.29, 1.82) is 0 Å². The number of likely N-dealkylation sites (tertiary alicyclic amines) is 1. The standard InChI is InChI=1S/C18H25NO4/c1-17(2,3)23-16(21)19-11-10-18(13-19,12-15(20)22-4)14-8-6-5-7-9-14/h5-9H,10-13H2,1-4H3. The van der Waals surface area contributed by atoms with E-state index >= 15 is 0 Å². The van der Waals surface area contributed by atoms with Gasteiger partial charge in [0.25, 0.3) is 0 Å². The molecule has 0 aliphatic carbocycles. The Morgan fingerprint density at radius 2 is 1.87 bits per heavy atom. The fraction of sp³-hybridized carbons (Fsp3) is 0.556. The molecule has 1 aromatic rings. The van der Waals surface area contributed by atoms with Gasteiger partial charge < -0.3 is 14.4 Å². The normalized spacial score (nSPS) is 21.1. The van der Waals surface area contributed by atoms with Crippen LogP contribution in [0, 0.1) is 0 Å². The molecule has 126 valence electrons. The minimum atomic E-state index is -0.530. The number of hydrogen-bond acceptors (Lipinski definition) is 4. The number of rotatable bonds is 3. The van der Waals surface area contributed by atoms with Crippen molar-refractivity contribution in [2.75, 3.05) is 20.2 Å². The zero-order chi connectivity index (χ0) is 17.1. The molecule has 2 rings (SSSR count). The van der Waals surface area contributed by atoms with Crippen LogP contribution >= 0.6 is 0 Å². The molecule has 0 N–H and O–H groups in total. The van der Waals surface area contributed by atoms with Crippen molar-refractivity contribution in [3.05, 3.63) is 35.9 Å². The SMILES string of the molecule is COC(=O)CC1(c2ccccc2)CCN(C(=O)OC(C)(C)C)C1. The Morgan fingerprint density at radius 1 is 1.22 bits per heavy atom. The summed E-state index contributed by atoms with van der Waals surface area (Å²) < 4.78 is 10.3. The number of methoxy groups -OCH3 is 1. The summed E-state index contributed by atoms with van der Waals surface area (Å²) >= 11 is 0. The topological polar surface area (TPSA) is 55.8 Å². The van der Waals surface area contributed by atoms with Crippen LogP contribution in [0.15, 0.2) is 30.3 Å². The summed E-state index contributed by atoms with van der Waals surface area (Å²) in [5, 5.41) is 0. The summed E-state index contributed by atoms with van der Waals surface area (Å²) in [4.78, 5) is 25.9. The lowest BCUT2D eigenvalue weighted by molar-refractivity contribution is -0.142. The van der Waals surface area contributed by atoms with Crippen molar-refractivity contribution >= 4 is 12.1 Å². The number of hydrogen-bond donors (Lipinski definition) is 0. The lowest BCUT2D eigenvalue weighted by atomic mass is 9.77. The molecular weight excluding hydrogens is 294 g/mol. The third-order valence-corrected chi connectivity index (χ3v) is 4.10. The molecule has 0 saturated carbocycles. The van der Waals surface area contributed by atoms with Crippen LogP contribution in [0.3, 0.4) is 0 Å². The molecule has 1 aromatic carbocycles. The molecule has 23 heavy (non-hydrogen) atoms. The maximum absolute atomic E-state index is 12.3. The molecule has 1 saturated heterocycles. The maximum Gasteiger partial charge on any atom is 0.410 e. The van der Waals surface area contributed by atoms with Crippen molar-refractivity contribution in [2.24, 2.45) is 0 Å². The highest BCUT2D eigenvalue weighted by atomic mass is 16.6. The van der Waals surface area contributed by atoms with Gasteiger partial charge in [0.1, 0.15) is 5.60 Å². The van der Waals surface area contributed by atoms with Gasteiger partial charge in [-0.15, -0.1) is 0 Å². The minimum absolute atomic E-state index is 0.257. The molecule has 1 unspecified atom stereocenters. The molecule has 1 amide bonds. The van der Waals surface area contributed by atoms with Crippen molar-refractivity contribution in [1.82, 2.24) is 4.90 Å². The van der Waals surface area contributed by atoms with Crippen molar-refractivity contribution < 1.29 is 19.1 Å². The van der Waals surface area contributed by atoms with Gasteiger partial charge in [-0.3, -0.25) is 4.79 Å². The van der Waals surface area contributed by atoms with E-state index in [0.29, 0.717) is 19.5 Å². The third-order valence-electron chi connectivity index (χ3n) is 4.10. The lowest BCUT2D eigenvalue weighted by Crippen LogP contribution is -2.39. The van der Waals surface area contributed by atoms with Gasteiger partial charge in [0, 0.05) is 18.5 Å². The summed E-state index contributed by atoms with van der Waals surface area (Å²) in [5.41, 5.74) is 0.110. The first kappa shape index (κ1) is 17.3. The molecular formula is C18H25NO4. The van der Waals surface area contributed by atoms with Crippen LogP contribution in [0.4, 0.5) is 4.79 Å². The Labute approximate surface area is 137 Å². The number of amides is 1. The van der Waals surface area contributed by atoms with E-state index in [2.05, 4.69) is 0 Å². The van der Waals surface area contributed by atoms with Crippen LogP contribution < -0.4 is 0 Å². The summed E-state index contributed by atoms with van der Waals surface area (Å²) in [6.45, 7) is 6.57. The van der Waals surface area contributed by atoms with Gasteiger partial charge in [-0.1, -0.05) is 30.3 Å². The summed E-state index contributed by atoms with van der Waals surface area (Å²) in [6.07, 6.45) is 0.637. The fourth-order valence-corrected chi connectivity index (χ4v) is 2.98. The Hall–Kier alpha value is -2.04. The lowest BCUT2D eigenvalue weighted by Gasteiger charge is -2.30. The van der Waals surface area contributed by atoms with Gasteiger partial charge in [-0.2, -0.15) is 0 Å². The number of ether oxygens (including phenoxy) is 2. The first-order chi connectivity index (χ1) is 10.8. The Morgan fingerprint density at radius 3 is 2.43 bits per heavy atom. The zero-order valence-corrected chi connectivity index (χ0v) is 14.3.